The average molecular weight is 220 g/mol. The van der Waals surface area contributed by atoms with Gasteiger partial charge < -0.3 is 5.73 Å². The molecule has 4 nitrogen and oxygen atoms in total. The molecule has 1 heterocycles. The summed E-state index contributed by atoms with van der Waals surface area (Å²) >= 11 is 1.19. The van der Waals surface area contributed by atoms with Crippen molar-refractivity contribution in [1.82, 2.24) is 10.2 Å². The minimum Gasteiger partial charge on any atom is -0.374 e. The van der Waals surface area contributed by atoms with Crippen LogP contribution in [0.15, 0.2) is 18.2 Å². The quantitative estimate of drug-likeness (QED) is 0.795. The van der Waals surface area contributed by atoms with Gasteiger partial charge >= 0.3 is 0 Å². The highest BCUT2D eigenvalue weighted by atomic mass is 32.1. The second-order valence-electron chi connectivity index (χ2n) is 2.75. The Bertz CT molecular complexity index is 543. The molecule has 1 aromatic carbocycles. The molecule has 0 atom stereocenters. The van der Waals surface area contributed by atoms with Crippen LogP contribution in [0.2, 0.25) is 0 Å². The molecule has 0 unspecified atom stereocenters. The molecule has 0 radical (unpaired) electrons. The summed E-state index contributed by atoms with van der Waals surface area (Å²) in [5.74, 6) is -0.543. The Kier molecular flexibility index (Phi) is 2.31. The third-order valence-electron chi connectivity index (χ3n) is 1.77. The fourth-order valence-corrected chi connectivity index (χ4v) is 1.70. The fourth-order valence-electron chi connectivity index (χ4n) is 1.10. The van der Waals surface area contributed by atoms with Gasteiger partial charge in [-0.1, -0.05) is 11.3 Å². The van der Waals surface area contributed by atoms with Gasteiger partial charge in [0.1, 0.15) is 16.9 Å². The van der Waals surface area contributed by atoms with E-state index in [0.717, 1.165) is 0 Å². The number of hydrogen-bond donors (Lipinski definition) is 1. The SMILES string of the molecule is N#Cc1cc(-c2nnc(N)s2)ccc1F. The molecule has 6 heteroatoms. The van der Waals surface area contributed by atoms with Crippen molar-refractivity contribution in [3.63, 3.8) is 0 Å². The smallest absolute Gasteiger partial charge is 0.203 e. The molecule has 2 N–H and O–H groups in total. The lowest BCUT2D eigenvalue weighted by Crippen LogP contribution is -1.85. The van der Waals surface area contributed by atoms with E-state index in [1.54, 1.807) is 6.07 Å². The Morgan fingerprint density at radius 1 is 1.40 bits per heavy atom. The molecule has 0 fully saturated rings. The summed E-state index contributed by atoms with van der Waals surface area (Å²) in [7, 11) is 0. The van der Waals surface area contributed by atoms with Gasteiger partial charge in [0.15, 0.2) is 0 Å². The van der Waals surface area contributed by atoms with E-state index in [1.165, 1.54) is 29.5 Å². The maximum atomic E-state index is 13.0. The second-order valence-corrected chi connectivity index (χ2v) is 3.76. The van der Waals surface area contributed by atoms with Crippen molar-refractivity contribution in [2.24, 2.45) is 0 Å². The number of anilines is 1. The number of rotatable bonds is 1. The van der Waals surface area contributed by atoms with E-state index >= 15 is 0 Å². The van der Waals surface area contributed by atoms with E-state index in [9.17, 15) is 4.39 Å². The maximum Gasteiger partial charge on any atom is 0.203 e. The first-order chi connectivity index (χ1) is 7.20. The van der Waals surface area contributed by atoms with Gasteiger partial charge in [-0.05, 0) is 18.2 Å². The van der Waals surface area contributed by atoms with Crippen molar-refractivity contribution in [1.29, 1.82) is 5.26 Å². The molecule has 15 heavy (non-hydrogen) atoms. The van der Waals surface area contributed by atoms with E-state index in [1.807, 2.05) is 0 Å². The van der Waals surface area contributed by atoms with Crippen LogP contribution in [0, 0.1) is 17.1 Å². The summed E-state index contributed by atoms with van der Waals surface area (Å²) in [6, 6.07) is 5.95. The van der Waals surface area contributed by atoms with Crippen molar-refractivity contribution in [3.8, 4) is 16.6 Å². The zero-order valence-corrected chi connectivity index (χ0v) is 8.25. The molecule has 0 amide bonds. The van der Waals surface area contributed by atoms with E-state index in [0.29, 0.717) is 15.7 Å². The summed E-state index contributed by atoms with van der Waals surface area (Å²) in [6.45, 7) is 0. The summed E-state index contributed by atoms with van der Waals surface area (Å²) < 4.78 is 13.0. The van der Waals surface area contributed by atoms with Gasteiger partial charge in [-0.15, -0.1) is 10.2 Å². The number of nitrogens with zero attached hydrogens (tertiary/aromatic N) is 3. The number of hydrogen-bond acceptors (Lipinski definition) is 5. The van der Waals surface area contributed by atoms with Gasteiger partial charge in [-0.3, -0.25) is 0 Å². The van der Waals surface area contributed by atoms with Crippen LogP contribution in [0.4, 0.5) is 9.52 Å². The van der Waals surface area contributed by atoms with Crippen molar-refractivity contribution in [2.45, 2.75) is 0 Å². The lowest BCUT2D eigenvalue weighted by molar-refractivity contribution is 0.624. The molecule has 0 aliphatic rings. The predicted molar refractivity (Wildman–Crippen MR) is 54.4 cm³/mol. The first-order valence-electron chi connectivity index (χ1n) is 3.99. The van der Waals surface area contributed by atoms with E-state index < -0.39 is 5.82 Å². The van der Waals surface area contributed by atoms with E-state index in [2.05, 4.69) is 10.2 Å². The zero-order chi connectivity index (χ0) is 10.8. The van der Waals surface area contributed by atoms with Crippen LogP contribution in [0.1, 0.15) is 5.56 Å². The minimum absolute atomic E-state index is 0.0127. The maximum absolute atomic E-state index is 13.0. The van der Waals surface area contributed by atoms with Gasteiger partial charge in [0.2, 0.25) is 5.13 Å². The first-order valence-corrected chi connectivity index (χ1v) is 4.81. The zero-order valence-electron chi connectivity index (χ0n) is 7.44. The van der Waals surface area contributed by atoms with Gasteiger partial charge in [0.25, 0.3) is 0 Å². The number of aromatic nitrogens is 2. The summed E-state index contributed by atoms with van der Waals surface area (Å²) in [6.07, 6.45) is 0. The highest BCUT2D eigenvalue weighted by Crippen LogP contribution is 2.25. The molecule has 0 spiro atoms. The van der Waals surface area contributed by atoms with E-state index in [4.69, 9.17) is 11.0 Å². The number of nitrogen functional groups attached to an aromatic ring is 1. The summed E-state index contributed by atoms with van der Waals surface area (Å²) in [5, 5.41) is 17.0. The van der Waals surface area contributed by atoms with Crippen LogP contribution < -0.4 is 5.73 Å². The third kappa shape index (κ3) is 1.78. The van der Waals surface area contributed by atoms with Crippen LogP contribution in [0.25, 0.3) is 10.6 Å². The molecule has 2 aromatic rings. The Balaban J connectivity index is 2.51. The first kappa shape index (κ1) is 9.55. The summed E-state index contributed by atoms with van der Waals surface area (Å²) in [4.78, 5) is 0. The normalized spacial score (nSPS) is 9.87. The molecule has 0 saturated carbocycles. The lowest BCUT2D eigenvalue weighted by Gasteiger charge is -1.96. The molecular weight excluding hydrogens is 215 g/mol. The highest BCUT2D eigenvalue weighted by Gasteiger charge is 2.08. The van der Waals surface area contributed by atoms with Gasteiger partial charge in [-0.25, -0.2) is 4.39 Å². The van der Waals surface area contributed by atoms with Crippen molar-refractivity contribution < 1.29 is 4.39 Å². The molecule has 0 aliphatic heterocycles. The highest BCUT2D eigenvalue weighted by molar-refractivity contribution is 7.18. The number of benzene rings is 1. The topological polar surface area (TPSA) is 75.6 Å². The number of halogens is 1. The van der Waals surface area contributed by atoms with Gasteiger partial charge in [0, 0.05) is 5.56 Å². The van der Waals surface area contributed by atoms with Crippen molar-refractivity contribution >= 4 is 16.5 Å². The largest absolute Gasteiger partial charge is 0.374 e. The average Bonchev–Trinajstić information content (AvgIpc) is 2.66. The number of nitriles is 1. The van der Waals surface area contributed by atoms with Gasteiger partial charge in [0.05, 0.1) is 5.56 Å². The van der Waals surface area contributed by atoms with Crippen LogP contribution >= 0.6 is 11.3 Å². The second kappa shape index (κ2) is 3.63. The molecule has 0 bridgehead atoms. The van der Waals surface area contributed by atoms with Crippen molar-refractivity contribution in [3.05, 3.63) is 29.6 Å². The molecular formula is C9H5FN4S. The van der Waals surface area contributed by atoms with Crippen LogP contribution in [-0.2, 0) is 0 Å². The predicted octanol–water partition coefficient (Wildman–Crippen LogP) is 1.80. The fraction of sp³-hybridized carbons (Fsp3) is 0. The molecule has 2 rings (SSSR count). The molecule has 0 saturated heterocycles. The summed E-state index contributed by atoms with van der Waals surface area (Å²) in [5.41, 5.74) is 6.05. The Morgan fingerprint density at radius 3 is 2.80 bits per heavy atom. The van der Waals surface area contributed by atoms with Crippen LogP contribution in [-0.4, -0.2) is 10.2 Å². The molecule has 74 valence electrons. The monoisotopic (exact) mass is 220 g/mol. The Labute approximate surface area is 88.8 Å². The Hall–Kier alpha value is -2.00. The number of nitrogens with two attached hydrogens (primary N) is 1. The van der Waals surface area contributed by atoms with Crippen LogP contribution in [0.3, 0.4) is 0 Å². The third-order valence-corrected chi connectivity index (χ3v) is 2.58. The standard InChI is InChI=1S/C9H5FN4S/c10-7-2-1-5(3-6(7)4-11)8-13-14-9(12)15-8/h1-3H,(H2,12,14). The minimum atomic E-state index is -0.543. The Morgan fingerprint density at radius 2 is 2.20 bits per heavy atom. The van der Waals surface area contributed by atoms with E-state index in [-0.39, 0.29) is 5.56 Å². The molecule has 1 aromatic heterocycles. The van der Waals surface area contributed by atoms with Gasteiger partial charge in [-0.2, -0.15) is 5.26 Å². The van der Waals surface area contributed by atoms with Crippen molar-refractivity contribution in [2.75, 3.05) is 5.73 Å². The lowest BCUT2D eigenvalue weighted by atomic mass is 10.1. The van der Waals surface area contributed by atoms with Crippen LogP contribution in [0.5, 0.6) is 0 Å². The molecule has 0 aliphatic carbocycles.